The van der Waals surface area contributed by atoms with Gasteiger partial charge in [0.15, 0.2) is 0 Å². The molecule has 0 fully saturated rings. The minimum atomic E-state index is -0.186. The molecule has 0 aromatic heterocycles. The fourth-order valence-corrected chi connectivity index (χ4v) is 2.22. The highest BCUT2D eigenvalue weighted by Gasteiger charge is 2.07. The molecule has 0 aliphatic carbocycles. The molecular formula is C16H19FN2. The van der Waals surface area contributed by atoms with Gasteiger partial charge in [0.05, 0.1) is 0 Å². The second-order valence-electron chi connectivity index (χ2n) is 4.65. The van der Waals surface area contributed by atoms with Crippen molar-refractivity contribution in [2.24, 2.45) is 0 Å². The van der Waals surface area contributed by atoms with E-state index in [4.69, 9.17) is 0 Å². The molecule has 1 N–H and O–H groups in total. The van der Waals surface area contributed by atoms with Crippen LogP contribution in [0.15, 0.2) is 48.5 Å². The van der Waals surface area contributed by atoms with Crippen molar-refractivity contribution in [1.29, 1.82) is 0 Å². The first-order valence-electron chi connectivity index (χ1n) is 6.39. The minimum absolute atomic E-state index is 0.186. The summed E-state index contributed by atoms with van der Waals surface area (Å²) in [7, 11) is 3.96. The third-order valence-electron chi connectivity index (χ3n) is 3.08. The monoisotopic (exact) mass is 258 g/mol. The van der Waals surface area contributed by atoms with Crippen LogP contribution in [-0.2, 0) is 13.1 Å². The van der Waals surface area contributed by atoms with Crippen molar-refractivity contribution in [3.63, 3.8) is 0 Å². The molecule has 2 aromatic carbocycles. The van der Waals surface area contributed by atoms with Gasteiger partial charge in [0.1, 0.15) is 5.82 Å². The number of nitrogens with one attached hydrogen (secondary N) is 1. The second kappa shape index (κ2) is 6.34. The molecule has 0 bridgehead atoms. The van der Waals surface area contributed by atoms with Crippen LogP contribution in [0.2, 0.25) is 0 Å². The Hall–Kier alpha value is -1.87. The number of anilines is 1. The topological polar surface area (TPSA) is 15.3 Å². The maximum Gasteiger partial charge on any atom is 0.123 e. The molecule has 0 amide bonds. The van der Waals surface area contributed by atoms with E-state index in [1.807, 2.05) is 32.3 Å². The number of nitrogens with zero attached hydrogens (tertiary/aromatic N) is 1. The summed E-state index contributed by atoms with van der Waals surface area (Å²) in [6.45, 7) is 1.52. The highest BCUT2D eigenvalue weighted by molar-refractivity contribution is 5.53. The van der Waals surface area contributed by atoms with E-state index in [0.717, 1.165) is 12.1 Å². The zero-order chi connectivity index (χ0) is 13.7. The van der Waals surface area contributed by atoms with Crippen LogP contribution in [-0.4, -0.2) is 14.1 Å². The summed E-state index contributed by atoms with van der Waals surface area (Å²) in [5, 5.41) is 3.17. The van der Waals surface area contributed by atoms with Crippen LogP contribution in [0.25, 0.3) is 0 Å². The van der Waals surface area contributed by atoms with Crippen LogP contribution in [0.5, 0.6) is 0 Å². The number of para-hydroxylation sites is 1. The van der Waals surface area contributed by atoms with Gasteiger partial charge in [0, 0.05) is 25.8 Å². The van der Waals surface area contributed by atoms with Gasteiger partial charge >= 0.3 is 0 Å². The largest absolute Gasteiger partial charge is 0.370 e. The first-order chi connectivity index (χ1) is 9.20. The molecule has 2 aromatic rings. The Bertz CT molecular complexity index is 540. The lowest BCUT2D eigenvalue weighted by atomic mass is 10.1. The van der Waals surface area contributed by atoms with Gasteiger partial charge in [-0.15, -0.1) is 0 Å². The summed E-state index contributed by atoms with van der Waals surface area (Å²) >= 11 is 0. The number of hydrogen-bond donors (Lipinski definition) is 1. The average molecular weight is 258 g/mol. The molecule has 0 aliphatic heterocycles. The predicted molar refractivity (Wildman–Crippen MR) is 77.7 cm³/mol. The molecule has 0 unspecified atom stereocenters. The first-order valence-corrected chi connectivity index (χ1v) is 6.39. The molecule has 3 heteroatoms. The molecule has 0 saturated carbocycles. The first kappa shape index (κ1) is 13.6. The molecule has 2 nitrogen and oxygen atoms in total. The number of hydrogen-bond acceptors (Lipinski definition) is 2. The number of benzene rings is 2. The highest BCUT2D eigenvalue weighted by Crippen LogP contribution is 2.21. The Morgan fingerprint density at radius 3 is 2.63 bits per heavy atom. The second-order valence-corrected chi connectivity index (χ2v) is 4.65. The lowest BCUT2D eigenvalue weighted by Gasteiger charge is -2.22. The Morgan fingerprint density at radius 1 is 1.11 bits per heavy atom. The molecule has 19 heavy (non-hydrogen) atoms. The summed E-state index contributed by atoms with van der Waals surface area (Å²) in [6, 6.07) is 15.0. The quantitative estimate of drug-likeness (QED) is 0.886. The molecule has 0 aliphatic rings. The highest BCUT2D eigenvalue weighted by atomic mass is 19.1. The van der Waals surface area contributed by atoms with Gasteiger partial charge in [-0.3, -0.25) is 0 Å². The number of rotatable bonds is 5. The van der Waals surface area contributed by atoms with Crippen LogP contribution >= 0.6 is 0 Å². The van der Waals surface area contributed by atoms with Crippen molar-refractivity contribution in [3.05, 3.63) is 65.5 Å². The molecule has 0 radical (unpaired) electrons. The smallest absolute Gasteiger partial charge is 0.123 e. The van der Waals surface area contributed by atoms with E-state index >= 15 is 0 Å². The lowest BCUT2D eigenvalue weighted by molar-refractivity contribution is 0.625. The molecule has 2 rings (SSSR count). The summed E-state index contributed by atoms with van der Waals surface area (Å²) in [4.78, 5) is 2.14. The fourth-order valence-electron chi connectivity index (χ4n) is 2.22. The zero-order valence-corrected chi connectivity index (χ0v) is 11.4. The van der Waals surface area contributed by atoms with Gasteiger partial charge in [0.25, 0.3) is 0 Å². The Balaban J connectivity index is 2.17. The van der Waals surface area contributed by atoms with E-state index in [9.17, 15) is 4.39 Å². The van der Waals surface area contributed by atoms with Crippen molar-refractivity contribution < 1.29 is 4.39 Å². The van der Waals surface area contributed by atoms with Gasteiger partial charge in [-0.2, -0.15) is 0 Å². The zero-order valence-electron chi connectivity index (χ0n) is 11.4. The Kier molecular flexibility index (Phi) is 4.53. The minimum Gasteiger partial charge on any atom is -0.370 e. The summed E-state index contributed by atoms with van der Waals surface area (Å²) in [6.07, 6.45) is 0. The van der Waals surface area contributed by atoms with Gasteiger partial charge in [0.2, 0.25) is 0 Å². The maximum atomic E-state index is 13.2. The Labute approximate surface area is 113 Å². The van der Waals surface area contributed by atoms with Gasteiger partial charge < -0.3 is 10.2 Å². The van der Waals surface area contributed by atoms with Crippen LogP contribution < -0.4 is 10.2 Å². The van der Waals surface area contributed by atoms with Gasteiger partial charge in [-0.05, 0) is 36.4 Å². The summed E-state index contributed by atoms with van der Waals surface area (Å²) < 4.78 is 13.2. The van der Waals surface area contributed by atoms with Crippen LogP contribution in [0, 0.1) is 5.82 Å². The molecule has 0 atom stereocenters. The van der Waals surface area contributed by atoms with Crippen molar-refractivity contribution in [1.82, 2.24) is 5.32 Å². The maximum absolute atomic E-state index is 13.2. The summed E-state index contributed by atoms with van der Waals surface area (Å²) in [5.74, 6) is -0.186. The predicted octanol–water partition coefficient (Wildman–Crippen LogP) is 3.18. The third kappa shape index (κ3) is 3.55. The molecule has 0 saturated heterocycles. The normalized spacial score (nSPS) is 10.5. The van der Waals surface area contributed by atoms with E-state index in [1.54, 1.807) is 12.1 Å². The van der Waals surface area contributed by atoms with E-state index in [1.165, 1.54) is 17.3 Å². The molecular weight excluding hydrogens is 239 g/mol. The Morgan fingerprint density at radius 2 is 1.89 bits per heavy atom. The van der Waals surface area contributed by atoms with E-state index < -0.39 is 0 Å². The number of halogens is 1. The van der Waals surface area contributed by atoms with E-state index in [0.29, 0.717) is 6.54 Å². The van der Waals surface area contributed by atoms with Crippen molar-refractivity contribution >= 4 is 5.69 Å². The van der Waals surface area contributed by atoms with Crippen molar-refractivity contribution in [3.8, 4) is 0 Å². The molecule has 0 spiro atoms. The SMILES string of the molecule is CNCc1ccccc1N(C)Cc1cccc(F)c1. The van der Waals surface area contributed by atoms with Gasteiger partial charge in [-0.1, -0.05) is 30.3 Å². The van der Waals surface area contributed by atoms with Crippen molar-refractivity contribution in [2.75, 3.05) is 19.0 Å². The fraction of sp³-hybridized carbons (Fsp3) is 0.250. The standard InChI is InChI=1S/C16H19FN2/c1-18-11-14-7-3-4-9-16(14)19(2)12-13-6-5-8-15(17)10-13/h3-10,18H,11-12H2,1-2H3. The molecule has 0 heterocycles. The van der Waals surface area contributed by atoms with Crippen LogP contribution in [0.1, 0.15) is 11.1 Å². The summed E-state index contributed by atoms with van der Waals surface area (Å²) in [5.41, 5.74) is 3.38. The van der Waals surface area contributed by atoms with E-state index in [-0.39, 0.29) is 5.82 Å². The van der Waals surface area contributed by atoms with Crippen LogP contribution in [0.4, 0.5) is 10.1 Å². The third-order valence-corrected chi connectivity index (χ3v) is 3.08. The van der Waals surface area contributed by atoms with E-state index in [2.05, 4.69) is 22.3 Å². The average Bonchev–Trinajstić information content (AvgIpc) is 2.39. The van der Waals surface area contributed by atoms with Crippen LogP contribution in [0.3, 0.4) is 0 Å². The molecule has 100 valence electrons. The van der Waals surface area contributed by atoms with Gasteiger partial charge in [-0.25, -0.2) is 4.39 Å². The lowest BCUT2D eigenvalue weighted by Crippen LogP contribution is -2.19. The van der Waals surface area contributed by atoms with Crippen molar-refractivity contribution in [2.45, 2.75) is 13.1 Å².